The Hall–Kier alpha value is -0.330. The molecule has 0 amide bonds. The molecule has 0 aliphatic rings. The molecule has 0 saturated heterocycles. The first-order valence-electron chi connectivity index (χ1n) is 6.48. The number of nitrogens with zero attached hydrogens (tertiary/aromatic N) is 1. The van der Waals surface area contributed by atoms with Gasteiger partial charge in [0.05, 0.1) is 0 Å². The van der Waals surface area contributed by atoms with Crippen molar-refractivity contribution < 1.29 is 0 Å². The van der Waals surface area contributed by atoms with Crippen molar-refractivity contribution in [1.82, 2.24) is 0 Å². The van der Waals surface area contributed by atoms with Gasteiger partial charge in [-0.3, -0.25) is 0 Å². The zero-order chi connectivity index (χ0) is 11.8. The predicted molar refractivity (Wildman–Crippen MR) is 70.6 cm³/mol. The lowest BCUT2D eigenvalue weighted by molar-refractivity contribution is 0.178. The van der Waals surface area contributed by atoms with E-state index in [4.69, 9.17) is 0 Å². The van der Waals surface area contributed by atoms with E-state index in [2.05, 4.69) is 45.8 Å². The second-order valence-electron chi connectivity index (χ2n) is 5.04. The van der Waals surface area contributed by atoms with Gasteiger partial charge < -0.3 is 4.99 Å². The van der Waals surface area contributed by atoms with Crippen LogP contribution in [0.2, 0.25) is 0 Å². The Morgan fingerprint density at radius 3 is 1.87 bits per heavy atom. The van der Waals surface area contributed by atoms with Gasteiger partial charge in [-0.25, -0.2) is 0 Å². The topological polar surface area (TPSA) is 12.4 Å². The molecule has 0 aromatic heterocycles. The lowest BCUT2D eigenvalue weighted by Gasteiger charge is -2.32. The van der Waals surface area contributed by atoms with E-state index in [1.54, 1.807) is 0 Å². The van der Waals surface area contributed by atoms with Gasteiger partial charge in [-0.1, -0.05) is 47.5 Å². The Balaban J connectivity index is 4.42. The van der Waals surface area contributed by atoms with Crippen LogP contribution < -0.4 is 0 Å². The van der Waals surface area contributed by atoms with Gasteiger partial charge in [0.2, 0.25) is 0 Å². The Kier molecular flexibility index (Phi) is 7.72. The molecule has 0 saturated carbocycles. The van der Waals surface area contributed by atoms with E-state index in [1.807, 2.05) is 7.05 Å². The van der Waals surface area contributed by atoms with Crippen LogP contribution >= 0.6 is 0 Å². The molecule has 0 fully saturated rings. The number of rotatable bonds is 7. The third kappa shape index (κ3) is 4.81. The molecule has 1 nitrogen and oxygen atoms in total. The minimum atomic E-state index is 0.769. The summed E-state index contributed by atoms with van der Waals surface area (Å²) in [5, 5.41) is 0. The predicted octanol–water partition coefficient (Wildman–Crippen LogP) is 4.42. The van der Waals surface area contributed by atoms with E-state index in [0.717, 1.165) is 30.1 Å². The van der Waals surface area contributed by atoms with Crippen molar-refractivity contribution >= 4 is 6.21 Å². The summed E-state index contributed by atoms with van der Waals surface area (Å²) >= 11 is 0. The Morgan fingerprint density at radius 1 is 1.00 bits per heavy atom. The minimum absolute atomic E-state index is 0.769. The minimum Gasteiger partial charge on any atom is -0.301 e. The number of aliphatic imine (C=N–C) groups is 1. The van der Waals surface area contributed by atoms with E-state index >= 15 is 0 Å². The lowest BCUT2D eigenvalue weighted by atomic mass is 9.73. The average molecular weight is 211 g/mol. The summed E-state index contributed by atoms with van der Waals surface area (Å²) in [6.45, 7) is 11.7. The fourth-order valence-corrected chi connectivity index (χ4v) is 2.84. The van der Waals surface area contributed by atoms with Crippen molar-refractivity contribution in [1.29, 1.82) is 0 Å². The van der Waals surface area contributed by atoms with Crippen LogP contribution in [0.25, 0.3) is 0 Å². The van der Waals surface area contributed by atoms with Crippen LogP contribution in [-0.4, -0.2) is 13.3 Å². The third-order valence-corrected chi connectivity index (χ3v) is 3.74. The molecule has 15 heavy (non-hydrogen) atoms. The highest BCUT2D eigenvalue weighted by molar-refractivity contribution is 5.57. The molecule has 0 radical (unpaired) electrons. The quantitative estimate of drug-likeness (QED) is 0.553. The molecule has 0 heterocycles. The van der Waals surface area contributed by atoms with Crippen LogP contribution in [0.3, 0.4) is 0 Å². The van der Waals surface area contributed by atoms with E-state index in [-0.39, 0.29) is 0 Å². The van der Waals surface area contributed by atoms with Crippen molar-refractivity contribution in [3.8, 4) is 0 Å². The molecule has 0 aromatic rings. The first kappa shape index (κ1) is 14.7. The normalized spacial score (nSPS) is 18.3. The third-order valence-electron chi connectivity index (χ3n) is 3.74. The maximum absolute atomic E-state index is 4.10. The highest BCUT2D eigenvalue weighted by Gasteiger charge is 2.25. The summed E-state index contributed by atoms with van der Waals surface area (Å²) in [4.78, 5) is 4.10. The molecule has 90 valence electrons. The molecular weight excluding hydrogens is 182 g/mol. The van der Waals surface area contributed by atoms with Crippen LogP contribution in [0.5, 0.6) is 0 Å². The summed E-state index contributed by atoms with van der Waals surface area (Å²) in [5.41, 5.74) is 0. The SMILES string of the molecule is CCC(C(C)C)C(CC)C(C)CC=NC. The van der Waals surface area contributed by atoms with Crippen LogP contribution in [0.4, 0.5) is 0 Å². The molecule has 0 aliphatic heterocycles. The van der Waals surface area contributed by atoms with Gasteiger partial charge in [-0.05, 0) is 36.3 Å². The fourth-order valence-electron chi connectivity index (χ4n) is 2.84. The van der Waals surface area contributed by atoms with Gasteiger partial charge >= 0.3 is 0 Å². The van der Waals surface area contributed by atoms with Gasteiger partial charge in [0.15, 0.2) is 0 Å². The molecule has 0 rings (SSSR count). The van der Waals surface area contributed by atoms with E-state index in [1.165, 1.54) is 12.8 Å². The molecule has 0 N–H and O–H groups in total. The molecule has 0 aliphatic carbocycles. The Bertz CT molecular complexity index is 172. The van der Waals surface area contributed by atoms with Crippen LogP contribution in [0, 0.1) is 23.7 Å². The highest BCUT2D eigenvalue weighted by atomic mass is 14.6. The Labute approximate surface area is 96.4 Å². The number of hydrogen-bond acceptors (Lipinski definition) is 1. The maximum atomic E-state index is 4.10. The average Bonchev–Trinajstić information content (AvgIpc) is 2.21. The number of hydrogen-bond donors (Lipinski definition) is 0. The largest absolute Gasteiger partial charge is 0.301 e. The fraction of sp³-hybridized carbons (Fsp3) is 0.929. The van der Waals surface area contributed by atoms with Gasteiger partial charge in [-0.2, -0.15) is 0 Å². The zero-order valence-electron chi connectivity index (χ0n) is 11.5. The maximum Gasteiger partial charge on any atom is 0.0273 e. The second-order valence-corrected chi connectivity index (χ2v) is 5.04. The summed E-state index contributed by atoms with van der Waals surface area (Å²) in [6.07, 6.45) is 5.82. The van der Waals surface area contributed by atoms with Gasteiger partial charge in [0.25, 0.3) is 0 Å². The first-order valence-corrected chi connectivity index (χ1v) is 6.48. The van der Waals surface area contributed by atoms with E-state index < -0.39 is 0 Å². The van der Waals surface area contributed by atoms with Gasteiger partial charge in [-0.15, -0.1) is 0 Å². The molecule has 0 bridgehead atoms. The molecule has 0 spiro atoms. The van der Waals surface area contributed by atoms with E-state index in [0.29, 0.717) is 0 Å². The monoisotopic (exact) mass is 211 g/mol. The van der Waals surface area contributed by atoms with Gasteiger partial charge in [0, 0.05) is 7.05 Å². The van der Waals surface area contributed by atoms with Crippen molar-refractivity contribution in [2.24, 2.45) is 28.7 Å². The van der Waals surface area contributed by atoms with E-state index in [9.17, 15) is 0 Å². The van der Waals surface area contributed by atoms with Crippen molar-refractivity contribution in [2.45, 2.75) is 53.9 Å². The molecule has 3 unspecified atom stereocenters. The van der Waals surface area contributed by atoms with Crippen LogP contribution in [0.15, 0.2) is 4.99 Å². The summed E-state index contributed by atoms with van der Waals surface area (Å²) in [5.74, 6) is 3.30. The summed E-state index contributed by atoms with van der Waals surface area (Å²) in [6, 6.07) is 0. The first-order chi connectivity index (χ1) is 7.08. The van der Waals surface area contributed by atoms with Gasteiger partial charge in [0.1, 0.15) is 0 Å². The smallest absolute Gasteiger partial charge is 0.0273 e. The standard InChI is InChI=1S/C14H29N/c1-7-13(11(3)4)14(8-2)12(5)9-10-15-6/h10-14H,7-9H2,1-6H3. The lowest BCUT2D eigenvalue weighted by Crippen LogP contribution is -2.25. The molecule has 3 atom stereocenters. The highest BCUT2D eigenvalue weighted by Crippen LogP contribution is 2.33. The molecule has 0 aromatic carbocycles. The summed E-state index contributed by atoms with van der Waals surface area (Å²) in [7, 11) is 1.87. The molecular formula is C14H29N. The zero-order valence-corrected chi connectivity index (χ0v) is 11.5. The second kappa shape index (κ2) is 7.90. The van der Waals surface area contributed by atoms with Crippen LogP contribution in [-0.2, 0) is 0 Å². The van der Waals surface area contributed by atoms with Crippen LogP contribution in [0.1, 0.15) is 53.9 Å². The van der Waals surface area contributed by atoms with Crippen molar-refractivity contribution in [3.05, 3.63) is 0 Å². The van der Waals surface area contributed by atoms with Crippen molar-refractivity contribution in [2.75, 3.05) is 7.05 Å². The summed E-state index contributed by atoms with van der Waals surface area (Å²) < 4.78 is 0. The van der Waals surface area contributed by atoms with Crippen molar-refractivity contribution in [3.63, 3.8) is 0 Å². The molecule has 1 heteroatoms. The Morgan fingerprint density at radius 2 is 1.53 bits per heavy atom.